The molecule has 4 heterocycles. The Morgan fingerprint density at radius 3 is 2.91 bits per heavy atom. The van der Waals surface area contributed by atoms with Crippen molar-refractivity contribution in [3.8, 4) is 11.3 Å². The summed E-state index contributed by atoms with van der Waals surface area (Å²) in [6.07, 6.45) is 6.36. The molecule has 0 aliphatic heterocycles. The van der Waals surface area contributed by atoms with Crippen LogP contribution in [0.2, 0.25) is 0 Å². The van der Waals surface area contributed by atoms with Crippen molar-refractivity contribution in [2.75, 3.05) is 5.32 Å². The summed E-state index contributed by atoms with van der Waals surface area (Å²) < 4.78 is 15.3. The number of anilines is 1. The normalized spacial score (nSPS) is 12.3. The first-order valence-corrected chi connectivity index (χ1v) is 10.0. The van der Waals surface area contributed by atoms with Crippen molar-refractivity contribution in [1.29, 1.82) is 0 Å². The summed E-state index contributed by atoms with van der Waals surface area (Å²) in [5.41, 5.74) is 4.14. The third kappa shape index (κ3) is 3.53. The van der Waals surface area contributed by atoms with E-state index in [1.54, 1.807) is 16.8 Å². The van der Waals surface area contributed by atoms with Crippen LogP contribution in [-0.2, 0) is 11.2 Å². The second-order valence-electron chi connectivity index (χ2n) is 7.58. The number of aromatic amines is 1. The summed E-state index contributed by atoms with van der Waals surface area (Å²) >= 11 is 0. The van der Waals surface area contributed by atoms with Crippen molar-refractivity contribution in [3.63, 3.8) is 0 Å². The molecule has 0 fully saturated rings. The minimum absolute atomic E-state index is 0.250. The zero-order valence-corrected chi connectivity index (χ0v) is 17.1. The molecule has 0 saturated carbocycles. The molecule has 0 unspecified atom stereocenters. The molecule has 8 nitrogen and oxygen atoms in total. The van der Waals surface area contributed by atoms with Crippen molar-refractivity contribution in [1.82, 2.24) is 24.6 Å². The number of fused-ring (bicyclic) bond motifs is 2. The summed E-state index contributed by atoms with van der Waals surface area (Å²) in [5, 5.41) is 18.3. The van der Waals surface area contributed by atoms with E-state index in [9.17, 15) is 14.3 Å². The summed E-state index contributed by atoms with van der Waals surface area (Å²) in [4.78, 5) is 23.8. The van der Waals surface area contributed by atoms with Gasteiger partial charge in [-0.15, -0.1) is 0 Å². The number of aryl methyl sites for hydroxylation is 1. The van der Waals surface area contributed by atoms with E-state index in [-0.39, 0.29) is 6.42 Å². The van der Waals surface area contributed by atoms with Crippen LogP contribution in [0.3, 0.4) is 0 Å². The number of aromatic nitrogens is 5. The number of carboxylic acid groups (broad SMARTS) is 1. The lowest BCUT2D eigenvalue weighted by Gasteiger charge is -2.17. The number of carboxylic acids is 1. The average Bonchev–Trinajstić information content (AvgIpc) is 3.37. The summed E-state index contributed by atoms with van der Waals surface area (Å²) in [6.45, 7) is 1.85. The van der Waals surface area contributed by atoms with Gasteiger partial charge in [0.2, 0.25) is 0 Å². The number of aliphatic carboxylic acids is 1. The Bertz CT molecular complexity index is 1460. The molecule has 5 rings (SSSR count). The molecule has 0 radical (unpaired) electrons. The molecule has 32 heavy (non-hydrogen) atoms. The van der Waals surface area contributed by atoms with Gasteiger partial charge in [0.1, 0.15) is 17.7 Å². The standard InChI is InChI=1S/C23H19FN6O2/c1-13-9-27-30-21(8-19(29-22(13)30)15-6-16(24)12-25-10-15)28-20(23(31)32)7-14-11-26-18-5-3-2-4-17(14)18/h2-6,8-12,20,26,28H,7H2,1H3,(H,31,32)/t20-/m0/s1. The average molecular weight is 430 g/mol. The Morgan fingerprint density at radius 2 is 2.09 bits per heavy atom. The van der Waals surface area contributed by atoms with Crippen LogP contribution < -0.4 is 5.32 Å². The fourth-order valence-electron chi connectivity index (χ4n) is 3.77. The number of para-hydroxylation sites is 1. The second kappa shape index (κ2) is 7.77. The van der Waals surface area contributed by atoms with Crippen molar-refractivity contribution in [2.24, 2.45) is 0 Å². The first-order chi connectivity index (χ1) is 15.5. The van der Waals surface area contributed by atoms with Crippen LogP contribution in [-0.4, -0.2) is 41.7 Å². The minimum atomic E-state index is -1.00. The number of halogens is 1. The fraction of sp³-hybridized carbons (Fsp3) is 0.130. The van der Waals surface area contributed by atoms with Crippen molar-refractivity contribution >= 4 is 28.3 Å². The third-order valence-electron chi connectivity index (χ3n) is 5.37. The predicted octanol–water partition coefficient (Wildman–Crippen LogP) is 3.83. The van der Waals surface area contributed by atoms with Gasteiger partial charge in [-0.2, -0.15) is 9.61 Å². The molecule has 0 bridgehead atoms. The Hall–Kier alpha value is -4.27. The minimum Gasteiger partial charge on any atom is -0.480 e. The molecule has 0 saturated heterocycles. The Labute approximate surface area is 181 Å². The summed E-state index contributed by atoms with van der Waals surface area (Å²) in [6, 6.07) is 9.80. The van der Waals surface area contributed by atoms with E-state index >= 15 is 0 Å². The molecule has 0 amide bonds. The number of pyridine rings is 1. The Balaban J connectivity index is 1.55. The van der Waals surface area contributed by atoms with Gasteiger partial charge in [-0.1, -0.05) is 18.2 Å². The lowest BCUT2D eigenvalue weighted by atomic mass is 10.0. The monoisotopic (exact) mass is 430 g/mol. The van der Waals surface area contributed by atoms with Crippen molar-refractivity contribution in [2.45, 2.75) is 19.4 Å². The van der Waals surface area contributed by atoms with Crippen LogP contribution in [0, 0.1) is 12.7 Å². The zero-order chi connectivity index (χ0) is 22.2. The van der Waals surface area contributed by atoms with Crippen molar-refractivity contribution in [3.05, 3.63) is 78.1 Å². The Kier molecular flexibility index (Phi) is 4.78. The number of rotatable bonds is 6. The molecular weight excluding hydrogens is 411 g/mol. The van der Waals surface area contributed by atoms with Gasteiger partial charge in [-0.3, -0.25) is 4.98 Å². The van der Waals surface area contributed by atoms with Gasteiger partial charge in [-0.05, 0) is 24.6 Å². The highest BCUT2D eigenvalue weighted by molar-refractivity contribution is 5.85. The van der Waals surface area contributed by atoms with Crippen LogP contribution >= 0.6 is 0 Å². The zero-order valence-electron chi connectivity index (χ0n) is 17.1. The largest absolute Gasteiger partial charge is 0.480 e. The van der Waals surface area contributed by atoms with Crippen molar-refractivity contribution < 1.29 is 14.3 Å². The Morgan fingerprint density at radius 1 is 1.25 bits per heavy atom. The van der Waals surface area contributed by atoms with E-state index in [0.717, 1.165) is 28.2 Å². The van der Waals surface area contributed by atoms with Gasteiger partial charge >= 0.3 is 5.97 Å². The number of hydrogen-bond donors (Lipinski definition) is 3. The molecule has 0 aliphatic rings. The van der Waals surface area contributed by atoms with E-state index < -0.39 is 17.8 Å². The summed E-state index contributed by atoms with van der Waals surface area (Å²) in [7, 11) is 0. The van der Waals surface area contributed by atoms with Crippen LogP contribution in [0.15, 0.2) is 61.2 Å². The molecule has 0 aliphatic carbocycles. The van der Waals surface area contributed by atoms with Crippen LogP contribution in [0.25, 0.3) is 27.8 Å². The molecule has 4 aromatic heterocycles. The number of nitrogens with zero attached hydrogens (tertiary/aromatic N) is 4. The highest BCUT2D eigenvalue weighted by atomic mass is 19.1. The quantitative estimate of drug-likeness (QED) is 0.378. The molecule has 1 atom stereocenters. The molecule has 160 valence electrons. The van der Waals surface area contributed by atoms with Crippen LogP contribution in [0.5, 0.6) is 0 Å². The smallest absolute Gasteiger partial charge is 0.326 e. The fourth-order valence-corrected chi connectivity index (χ4v) is 3.77. The second-order valence-corrected chi connectivity index (χ2v) is 7.58. The molecule has 3 N–H and O–H groups in total. The van der Waals surface area contributed by atoms with Gasteiger partial charge in [0.25, 0.3) is 0 Å². The first-order valence-electron chi connectivity index (χ1n) is 10.0. The molecule has 0 spiro atoms. The molecule has 5 aromatic rings. The predicted molar refractivity (Wildman–Crippen MR) is 118 cm³/mol. The maximum Gasteiger partial charge on any atom is 0.326 e. The van der Waals surface area contributed by atoms with E-state index in [4.69, 9.17) is 0 Å². The lowest BCUT2D eigenvalue weighted by Crippen LogP contribution is -2.32. The van der Waals surface area contributed by atoms with E-state index in [1.165, 1.54) is 12.3 Å². The highest BCUT2D eigenvalue weighted by Gasteiger charge is 2.22. The number of carbonyl (C=O) groups is 1. The number of nitrogens with one attached hydrogen (secondary N) is 2. The maximum atomic E-state index is 13.7. The van der Waals surface area contributed by atoms with E-state index in [1.807, 2.05) is 37.4 Å². The first kappa shape index (κ1) is 19.7. The molecular formula is C23H19FN6O2. The van der Waals surface area contributed by atoms with Gasteiger partial charge in [0.15, 0.2) is 5.65 Å². The summed E-state index contributed by atoms with van der Waals surface area (Å²) in [5.74, 6) is -1.04. The number of H-pyrrole nitrogens is 1. The van der Waals surface area contributed by atoms with Gasteiger partial charge < -0.3 is 15.4 Å². The van der Waals surface area contributed by atoms with Gasteiger partial charge in [0.05, 0.1) is 18.1 Å². The number of hydrogen-bond acceptors (Lipinski definition) is 5. The van der Waals surface area contributed by atoms with Gasteiger partial charge in [-0.25, -0.2) is 14.2 Å². The van der Waals surface area contributed by atoms with Gasteiger partial charge in [0, 0.05) is 46.9 Å². The third-order valence-corrected chi connectivity index (χ3v) is 5.37. The topological polar surface area (TPSA) is 108 Å². The van der Waals surface area contributed by atoms with E-state index in [0.29, 0.717) is 22.7 Å². The number of benzene rings is 1. The molecule has 1 aromatic carbocycles. The van der Waals surface area contributed by atoms with E-state index in [2.05, 4.69) is 25.4 Å². The molecule has 9 heteroatoms. The van der Waals surface area contributed by atoms with Crippen LogP contribution in [0.4, 0.5) is 10.2 Å². The maximum absolute atomic E-state index is 13.7. The lowest BCUT2D eigenvalue weighted by molar-refractivity contribution is -0.137. The highest BCUT2D eigenvalue weighted by Crippen LogP contribution is 2.25. The SMILES string of the molecule is Cc1cnn2c(N[C@@H](Cc3c[nH]c4ccccc34)C(=O)O)cc(-c3cncc(F)c3)nc12. The van der Waals surface area contributed by atoms with Crippen LogP contribution in [0.1, 0.15) is 11.1 Å².